The first kappa shape index (κ1) is 15.4. The van der Waals surface area contributed by atoms with E-state index in [2.05, 4.69) is 20.7 Å². The first-order chi connectivity index (χ1) is 9.81. The van der Waals surface area contributed by atoms with Gasteiger partial charge in [-0.2, -0.15) is 0 Å². The van der Waals surface area contributed by atoms with Crippen molar-refractivity contribution in [3.63, 3.8) is 0 Å². The number of anilines is 1. The maximum atomic E-state index is 13.2. The summed E-state index contributed by atoms with van der Waals surface area (Å²) in [6.45, 7) is 0. The number of nitrogens with one attached hydrogen (secondary N) is 1. The Morgan fingerprint density at radius 1 is 1.19 bits per heavy atom. The molecular formula is C12H8BrFN2O4S. The lowest BCUT2D eigenvalue weighted by molar-refractivity contribution is -0.387. The number of nitrogens with zero attached hydrogens (tertiary/aromatic N) is 1. The molecule has 0 fully saturated rings. The minimum atomic E-state index is -4.22. The number of benzene rings is 2. The third-order valence-corrected chi connectivity index (χ3v) is 4.63. The first-order valence-corrected chi connectivity index (χ1v) is 7.80. The summed E-state index contributed by atoms with van der Waals surface area (Å²) in [4.78, 5) is 9.60. The Morgan fingerprint density at radius 2 is 1.86 bits per heavy atom. The fourth-order valence-corrected chi connectivity index (χ4v) is 3.33. The van der Waals surface area contributed by atoms with Gasteiger partial charge in [0.15, 0.2) is 4.90 Å². The Kier molecular flexibility index (Phi) is 4.24. The van der Waals surface area contributed by atoms with E-state index < -0.39 is 31.3 Å². The third-order valence-electron chi connectivity index (χ3n) is 2.52. The standard InChI is InChI=1S/C12H8BrFN2O4S/c13-9-6-5-8(14)7-10(9)15-21(19,20)12-4-2-1-3-11(12)16(17)18/h1-7,15H. The Morgan fingerprint density at radius 3 is 2.52 bits per heavy atom. The molecule has 0 atom stereocenters. The number of para-hydroxylation sites is 1. The quantitative estimate of drug-likeness (QED) is 0.656. The van der Waals surface area contributed by atoms with Crippen molar-refractivity contribution in [2.24, 2.45) is 0 Å². The molecule has 2 aromatic carbocycles. The zero-order valence-electron chi connectivity index (χ0n) is 10.3. The number of nitro groups is 1. The normalized spacial score (nSPS) is 11.1. The molecule has 6 nitrogen and oxygen atoms in total. The molecule has 0 aromatic heterocycles. The van der Waals surface area contributed by atoms with Crippen molar-refractivity contribution in [1.82, 2.24) is 0 Å². The smallest absolute Gasteiger partial charge is 0.278 e. The summed E-state index contributed by atoms with van der Waals surface area (Å²) >= 11 is 3.08. The molecule has 2 aromatic rings. The molecule has 1 N–H and O–H groups in total. The number of hydrogen-bond acceptors (Lipinski definition) is 4. The lowest BCUT2D eigenvalue weighted by Gasteiger charge is -2.10. The second-order valence-corrected chi connectivity index (χ2v) is 6.46. The zero-order chi connectivity index (χ0) is 15.6. The van der Waals surface area contributed by atoms with Crippen LogP contribution in [0.5, 0.6) is 0 Å². The Bertz CT molecular complexity index is 811. The second-order valence-electron chi connectivity index (χ2n) is 3.95. The molecule has 0 heterocycles. The summed E-state index contributed by atoms with van der Waals surface area (Å²) in [7, 11) is -4.22. The van der Waals surface area contributed by atoms with Crippen LogP contribution in [0.4, 0.5) is 15.8 Å². The van der Waals surface area contributed by atoms with Crippen LogP contribution in [0, 0.1) is 15.9 Å². The average Bonchev–Trinajstić information content (AvgIpc) is 2.42. The highest BCUT2D eigenvalue weighted by Gasteiger charge is 2.25. The van der Waals surface area contributed by atoms with Crippen LogP contribution >= 0.6 is 15.9 Å². The van der Waals surface area contributed by atoms with Gasteiger partial charge < -0.3 is 0 Å². The molecule has 0 radical (unpaired) electrons. The highest BCUT2D eigenvalue weighted by atomic mass is 79.9. The van der Waals surface area contributed by atoms with Gasteiger partial charge in [-0.15, -0.1) is 0 Å². The molecule has 0 aliphatic heterocycles. The van der Waals surface area contributed by atoms with Gasteiger partial charge in [-0.05, 0) is 40.2 Å². The largest absolute Gasteiger partial charge is 0.289 e. The van der Waals surface area contributed by atoms with E-state index in [1.165, 1.54) is 18.2 Å². The molecule has 0 amide bonds. The zero-order valence-corrected chi connectivity index (χ0v) is 12.7. The summed E-state index contributed by atoms with van der Waals surface area (Å²) < 4.78 is 40.1. The first-order valence-electron chi connectivity index (χ1n) is 5.52. The number of hydrogen-bond donors (Lipinski definition) is 1. The summed E-state index contributed by atoms with van der Waals surface area (Å²) in [5.74, 6) is -0.640. The monoisotopic (exact) mass is 374 g/mol. The van der Waals surface area contributed by atoms with E-state index in [0.717, 1.165) is 24.3 Å². The summed E-state index contributed by atoms with van der Waals surface area (Å²) in [5, 5.41) is 10.9. The van der Waals surface area contributed by atoms with E-state index in [0.29, 0.717) is 4.47 Å². The topological polar surface area (TPSA) is 89.3 Å². The molecule has 0 spiro atoms. The van der Waals surface area contributed by atoms with Gasteiger partial charge in [-0.3, -0.25) is 14.8 Å². The van der Waals surface area contributed by atoms with Crippen molar-refractivity contribution in [3.05, 3.63) is 62.9 Å². The molecule has 0 saturated heterocycles. The summed E-state index contributed by atoms with van der Waals surface area (Å²) in [6, 6.07) is 8.34. The van der Waals surface area contributed by atoms with Crippen LogP contribution in [0.3, 0.4) is 0 Å². The number of rotatable bonds is 4. The SMILES string of the molecule is O=[N+]([O-])c1ccccc1S(=O)(=O)Nc1cc(F)ccc1Br. The van der Waals surface area contributed by atoms with Crippen molar-refractivity contribution in [2.45, 2.75) is 4.90 Å². The number of halogens is 2. The molecule has 110 valence electrons. The highest BCUT2D eigenvalue weighted by Crippen LogP contribution is 2.29. The second kappa shape index (κ2) is 5.78. The molecule has 0 aliphatic carbocycles. The predicted octanol–water partition coefficient (Wildman–Crippen LogP) is 3.30. The molecule has 0 unspecified atom stereocenters. The number of nitro benzene ring substituents is 1. The third kappa shape index (κ3) is 3.37. The minimum Gasteiger partial charge on any atom is -0.278 e. The van der Waals surface area contributed by atoms with Crippen molar-refractivity contribution in [3.8, 4) is 0 Å². The van der Waals surface area contributed by atoms with E-state index in [9.17, 15) is 22.9 Å². The van der Waals surface area contributed by atoms with E-state index in [-0.39, 0.29) is 5.69 Å². The van der Waals surface area contributed by atoms with E-state index in [4.69, 9.17) is 0 Å². The molecule has 9 heteroatoms. The van der Waals surface area contributed by atoms with Crippen LogP contribution in [0.1, 0.15) is 0 Å². The Hall–Kier alpha value is -2.00. The fraction of sp³-hybridized carbons (Fsp3) is 0. The maximum absolute atomic E-state index is 13.2. The van der Waals surface area contributed by atoms with Gasteiger partial charge in [0.1, 0.15) is 5.82 Å². The van der Waals surface area contributed by atoms with Gasteiger partial charge in [0.2, 0.25) is 0 Å². The van der Waals surface area contributed by atoms with Crippen molar-refractivity contribution in [1.29, 1.82) is 0 Å². The molecule has 0 aliphatic rings. The van der Waals surface area contributed by atoms with E-state index >= 15 is 0 Å². The molecule has 2 rings (SSSR count). The van der Waals surface area contributed by atoms with Gasteiger partial charge in [0.25, 0.3) is 15.7 Å². The molecular weight excluding hydrogens is 367 g/mol. The Balaban J connectivity index is 2.49. The van der Waals surface area contributed by atoms with Crippen LogP contribution in [0.25, 0.3) is 0 Å². The van der Waals surface area contributed by atoms with Crippen molar-refractivity contribution in [2.75, 3.05) is 4.72 Å². The highest BCUT2D eigenvalue weighted by molar-refractivity contribution is 9.10. The van der Waals surface area contributed by atoms with Crippen LogP contribution < -0.4 is 4.72 Å². The lowest BCUT2D eigenvalue weighted by Crippen LogP contribution is -2.15. The van der Waals surface area contributed by atoms with Crippen LogP contribution in [-0.4, -0.2) is 13.3 Å². The van der Waals surface area contributed by atoms with Gasteiger partial charge in [-0.1, -0.05) is 12.1 Å². The van der Waals surface area contributed by atoms with E-state index in [1.54, 1.807) is 0 Å². The number of sulfonamides is 1. The van der Waals surface area contributed by atoms with Crippen molar-refractivity contribution < 1.29 is 17.7 Å². The average molecular weight is 375 g/mol. The van der Waals surface area contributed by atoms with Gasteiger partial charge >= 0.3 is 0 Å². The lowest BCUT2D eigenvalue weighted by atomic mass is 10.3. The van der Waals surface area contributed by atoms with Gasteiger partial charge in [-0.25, -0.2) is 12.8 Å². The minimum absolute atomic E-state index is 0.0480. The molecule has 21 heavy (non-hydrogen) atoms. The predicted molar refractivity (Wildman–Crippen MR) is 78.0 cm³/mol. The molecule has 0 saturated carbocycles. The molecule has 0 bridgehead atoms. The van der Waals surface area contributed by atoms with Gasteiger partial charge in [0.05, 0.1) is 10.6 Å². The Labute approximate surface area is 127 Å². The van der Waals surface area contributed by atoms with Gasteiger partial charge in [0, 0.05) is 10.5 Å². The van der Waals surface area contributed by atoms with Crippen LogP contribution in [-0.2, 0) is 10.0 Å². The van der Waals surface area contributed by atoms with Crippen LogP contribution in [0.15, 0.2) is 51.8 Å². The van der Waals surface area contributed by atoms with E-state index in [1.807, 2.05) is 0 Å². The van der Waals surface area contributed by atoms with Crippen molar-refractivity contribution >= 4 is 37.3 Å². The fourth-order valence-electron chi connectivity index (χ4n) is 1.61. The van der Waals surface area contributed by atoms with Crippen LogP contribution in [0.2, 0.25) is 0 Å². The summed E-state index contributed by atoms with van der Waals surface area (Å²) in [5.41, 5.74) is -0.606. The summed E-state index contributed by atoms with van der Waals surface area (Å²) in [6.07, 6.45) is 0. The maximum Gasteiger partial charge on any atom is 0.289 e.